The molecule has 4 heteroatoms. The van der Waals surface area contributed by atoms with Gasteiger partial charge in [0.05, 0.1) is 11.5 Å². The smallest absolute Gasteiger partial charge is 0.217 e. The number of nitrogens with two attached hydrogens (primary N) is 1. The molecule has 11 heavy (non-hydrogen) atoms. The van der Waals surface area contributed by atoms with E-state index in [1.54, 1.807) is 0 Å². The summed E-state index contributed by atoms with van der Waals surface area (Å²) in [6.07, 6.45) is 1.00. The van der Waals surface area contributed by atoms with Gasteiger partial charge in [0.1, 0.15) is 0 Å². The first-order valence-electron chi connectivity index (χ1n) is 3.51. The quantitative estimate of drug-likeness (QED) is 0.485. The molecule has 0 aromatic carbocycles. The number of hydrogen-bond acceptors (Lipinski definition) is 3. The van der Waals surface area contributed by atoms with Crippen molar-refractivity contribution < 1.29 is 9.53 Å². The zero-order valence-corrected chi connectivity index (χ0v) is 7.86. The van der Waals surface area contributed by atoms with Crippen LogP contribution in [0.15, 0.2) is 0 Å². The molecule has 0 saturated carbocycles. The predicted octanol–water partition coefficient (Wildman–Crippen LogP) is 0.934. The second kappa shape index (κ2) is 4.62. The molecule has 0 rings (SSSR count). The fraction of sp³-hybridized carbons (Fsp3) is 0.857. The van der Waals surface area contributed by atoms with E-state index in [1.807, 2.05) is 13.8 Å². The first kappa shape index (κ1) is 10.8. The molecule has 0 heterocycles. The zero-order valence-electron chi connectivity index (χ0n) is 6.96. The Bertz CT molecular complexity index is 136. The number of primary amides is 1. The highest BCUT2D eigenvalue weighted by atomic mass is 32.1. The molecule has 66 valence electrons. The van der Waals surface area contributed by atoms with Crippen molar-refractivity contribution in [1.29, 1.82) is 0 Å². The van der Waals surface area contributed by atoms with Gasteiger partial charge in [-0.25, -0.2) is 0 Å². The van der Waals surface area contributed by atoms with Crippen LogP contribution in [0.1, 0.15) is 26.7 Å². The molecule has 0 bridgehead atoms. The van der Waals surface area contributed by atoms with Gasteiger partial charge in [-0.15, -0.1) is 0 Å². The molecule has 2 N–H and O–H groups in total. The van der Waals surface area contributed by atoms with Gasteiger partial charge in [-0.1, -0.05) is 0 Å². The Morgan fingerprint density at radius 1 is 1.64 bits per heavy atom. The first-order chi connectivity index (χ1) is 4.98. The third-order valence-electron chi connectivity index (χ3n) is 1.43. The Labute approximate surface area is 72.7 Å². The van der Waals surface area contributed by atoms with Gasteiger partial charge >= 0.3 is 0 Å². The minimum Gasteiger partial charge on any atom is -0.370 e. The van der Waals surface area contributed by atoms with E-state index < -0.39 is 0 Å². The molecule has 0 saturated heterocycles. The number of carbonyl (C=O) groups excluding carboxylic acids is 1. The molecule has 0 radical (unpaired) electrons. The zero-order chi connectivity index (χ0) is 8.91. The van der Waals surface area contributed by atoms with Gasteiger partial charge in [-0.2, -0.15) is 12.6 Å². The molecule has 0 atom stereocenters. The van der Waals surface area contributed by atoms with E-state index in [1.165, 1.54) is 0 Å². The number of amides is 1. The number of rotatable bonds is 5. The Morgan fingerprint density at radius 2 is 2.18 bits per heavy atom. The van der Waals surface area contributed by atoms with Crippen LogP contribution in [-0.2, 0) is 9.53 Å². The Morgan fingerprint density at radius 3 is 2.55 bits per heavy atom. The number of thiol groups is 1. The summed E-state index contributed by atoms with van der Waals surface area (Å²) in [4.78, 5) is 10.4. The van der Waals surface area contributed by atoms with Gasteiger partial charge in [0.2, 0.25) is 5.91 Å². The number of hydrogen-bond donors (Lipinski definition) is 2. The Kier molecular flexibility index (Phi) is 4.52. The van der Waals surface area contributed by atoms with Crippen molar-refractivity contribution in [2.24, 2.45) is 5.73 Å². The van der Waals surface area contributed by atoms with Crippen LogP contribution < -0.4 is 5.73 Å². The average molecular weight is 177 g/mol. The standard InChI is InChI=1S/C7H15NO2S/c1-7(2,10-5-11)4-3-6(8)9/h11H,3-5H2,1-2H3,(H2,8,9). The number of ether oxygens (including phenoxy) is 1. The Balaban J connectivity index is 3.63. The lowest BCUT2D eigenvalue weighted by atomic mass is 10.0. The maximum atomic E-state index is 10.4. The summed E-state index contributed by atoms with van der Waals surface area (Å²) in [5.74, 6) is 0.0759. The molecule has 0 unspecified atom stereocenters. The lowest BCUT2D eigenvalue weighted by Gasteiger charge is -2.23. The molecule has 0 spiro atoms. The summed E-state index contributed by atoms with van der Waals surface area (Å²) < 4.78 is 5.24. The largest absolute Gasteiger partial charge is 0.370 e. The fourth-order valence-corrected chi connectivity index (χ4v) is 1.02. The normalized spacial score (nSPS) is 11.5. The van der Waals surface area contributed by atoms with Crippen LogP contribution in [0.25, 0.3) is 0 Å². The van der Waals surface area contributed by atoms with Gasteiger partial charge in [-0.05, 0) is 20.3 Å². The van der Waals surface area contributed by atoms with Crippen molar-refractivity contribution in [3.8, 4) is 0 Å². The van der Waals surface area contributed by atoms with E-state index in [9.17, 15) is 4.79 Å². The maximum Gasteiger partial charge on any atom is 0.217 e. The summed E-state index contributed by atoms with van der Waals surface area (Å²) in [7, 11) is 0. The predicted molar refractivity (Wildman–Crippen MR) is 47.4 cm³/mol. The molecular weight excluding hydrogens is 162 g/mol. The van der Waals surface area contributed by atoms with E-state index in [4.69, 9.17) is 10.5 Å². The van der Waals surface area contributed by atoms with Crippen LogP contribution >= 0.6 is 12.6 Å². The van der Waals surface area contributed by atoms with Crippen LogP contribution in [0.2, 0.25) is 0 Å². The van der Waals surface area contributed by atoms with Crippen molar-refractivity contribution in [2.75, 3.05) is 5.94 Å². The highest BCUT2D eigenvalue weighted by Crippen LogP contribution is 2.16. The van der Waals surface area contributed by atoms with Crippen LogP contribution in [-0.4, -0.2) is 17.4 Å². The van der Waals surface area contributed by atoms with Crippen molar-refractivity contribution in [1.82, 2.24) is 0 Å². The molecule has 0 aliphatic heterocycles. The minimum absolute atomic E-state index is 0.291. The highest BCUT2D eigenvalue weighted by molar-refractivity contribution is 7.80. The monoisotopic (exact) mass is 177 g/mol. The molecule has 1 amide bonds. The van der Waals surface area contributed by atoms with Gasteiger partial charge in [0.15, 0.2) is 0 Å². The minimum atomic E-state index is -0.295. The second-order valence-electron chi connectivity index (χ2n) is 3.00. The molecule has 0 aromatic heterocycles. The summed E-state index contributed by atoms with van der Waals surface area (Å²) in [5, 5.41) is 0. The highest BCUT2D eigenvalue weighted by Gasteiger charge is 2.17. The third kappa shape index (κ3) is 6.19. The summed E-state index contributed by atoms with van der Waals surface area (Å²) in [6.45, 7) is 3.82. The van der Waals surface area contributed by atoms with E-state index >= 15 is 0 Å². The molecule has 0 aliphatic rings. The fourth-order valence-electron chi connectivity index (χ4n) is 0.671. The van der Waals surface area contributed by atoms with Crippen molar-refractivity contribution in [2.45, 2.75) is 32.3 Å². The van der Waals surface area contributed by atoms with Gasteiger partial charge in [-0.3, -0.25) is 4.79 Å². The molecule has 0 aromatic rings. The van der Waals surface area contributed by atoms with Crippen molar-refractivity contribution >= 4 is 18.5 Å². The topological polar surface area (TPSA) is 52.3 Å². The molecule has 0 aliphatic carbocycles. The molecular formula is C7H15NO2S. The molecule has 3 nitrogen and oxygen atoms in total. The van der Waals surface area contributed by atoms with E-state index in [0.29, 0.717) is 18.8 Å². The molecule has 0 fully saturated rings. The van der Waals surface area contributed by atoms with Gasteiger partial charge < -0.3 is 10.5 Å². The van der Waals surface area contributed by atoms with Crippen LogP contribution in [0, 0.1) is 0 Å². The van der Waals surface area contributed by atoms with Crippen LogP contribution in [0.3, 0.4) is 0 Å². The lowest BCUT2D eigenvalue weighted by molar-refractivity contribution is -0.119. The average Bonchev–Trinajstić information content (AvgIpc) is 1.84. The van der Waals surface area contributed by atoms with E-state index in [2.05, 4.69) is 12.6 Å². The van der Waals surface area contributed by atoms with Crippen molar-refractivity contribution in [3.63, 3.8) is 0 Å². The summed E-state index contributed by atoms with van der Waals surface area (Å²) in [6, 6.07) is 0. The van der Waals surface area contributed by atoms with Crippen LogP contribution in [0.4, 0.5) is 0 Å². The van der Waals surface area contributed by atoms with E-state index in [0.717, 1.165) is 0 Å². The SMILES string of the molecule is CC(C)(CCC(N)=O)OCS. The number of carbonyl (C=O) groups is 1. The maximum absolute atomic E-state index is 10.4. The second-order valence-corrected chi connectivity index (χ2v) is 3.26. The van der Waals surface area contributed by atoms with Crippen molar-refractivity contribution in [3.05, 3.63) is 0 Å². The van der Waals surface area contributed by atoms with Gasteiger partial charge in [0.25, 0.3) is 0 Å². The first-order valence-corrected chi connectivity index (χ1v) is 4.14. The van der Waals surface area contributed by atoms with E-state index in [-0.39, 0.29) is 11.5 Å². The van der Waals surface area contributed by atoms with Gasteiger partial charge in [0, 0.05) is 6.42 Å². The third-order valence-corrected chi connectivity index (χ3v) is 1.56. The lowest BCUT2D eigenvalue weighted by Crippen LogP contribution is -2.26. The summed E-state index contributed by atoms with van der Waals surface area (Å²) >= 11 is 3.92. The van der Waals surface area contributed by atoms with Crippen LogP contribution in [0.5, 0.6) is 0 Å². The summed E-state index contributed by atoms with van der Waals surface area (Å²) in [5.41, 5.74) is 4.69. The Hall–Kier alpha value is -0.220.